The van der Waals surface area contributed by atoms with Gasteiger partial charge in [0.15, 0.2) is 6.61 Å². The molecule has 1 amide bonds. The van der Waals surface area contributed by atoms with Crippen molar-refractivity contribution in [2.45, 2.75) is 6.92 Å². The van der Waals surface area contributed by atoms with Crippen LogP contribution < -0.4 is 10.1 Å². The summed E-state index contributed by atoms with van der Waals surface area (Å²) in [7, 11) is 0. The third-order valence-electron chi connectivity index (χ3n) is 2.94. The van der Waals surface area contributed by atoms with E-state index in [1.54, 1.807) is 12.1 Å². The average molecular weight is 355 g/mol. The van der Waals surface area contributed by atoms with E-state index in [9.17, 15) is 14.9 Å². The van der Waals surface area contributed by atoms with E-state index in [4.69, 9.17) is 27.9 Å². The molecule has 0 aliphatic carbocycles. The summed E-state index contributed by atoms with van der Waals surface area (Å²) in [5.74, 6) is -0.0488. The maximum absolute atomic E-state index is 11.9. The Labute approximate surface area is 142 Å². The highest BCUT2D eigenvalue weighted by Gasteiger charge is 2.14. The van der Waals surface area contributed by atoms with Crippen molar-refractivity contribution in [2.24, 2.45) is 0 Å². The molecule has 0 aliphatic heterocycles. The zero-order chi connectivity index (χ0) is 17.0. The van der Waals surface area contributed by atoms with Crippen LogP contribution in [-0.2, 0) is 4.79 Å². The quantitative estimate of drug-likeness (QED) is 0.643. The van der Waals surface area contributed by atoms with Crippen molar-refractivity contribution in [3.05, 3.63) is 62.1 Å². The fourth-order valence-corrected chi connectivity index (χ4v) is 2.33. The van der Waals surface area contributed by atoms with Crippen LogP contribution in [0.3, 0.4) is 0 Å². The number of aryl methyl sites for hydroxylation is 1. The van der Waals surface area contributed by atoms with Gasteiger partial charge in [0.05, 0.1) is 9.95 Å². The van der Waals surface area contributed by atoms with Crippen LogP contribution in [0.25, 0.3) is 0 Å². The second kappa shape index (κ2) is 7.30. The predicted octanol–water partition coefficient (Wildman–Crippen LogP) is 4.23. The lowest BCUT2D eigenvalue weighted by Crippen LogP contribution is -2.20. The van der Waals surface area contributed by atoms with E-state index in [1.807, 2.05) is 13.0 Å². The summed E-state index contributed by atoms with van der Waals surface area (Å²) in [5.41, 5.74) is 0.769. The third-order valence-corrected chi connectivity index (χ3v) is 3.56. The standard InChI is InChI=1S/C15H12Cl2N2O4/c1-9-3-2-4-12(17)15(9)23-8-14(20)18-10-5-6-11(16)13(7-10)19(21)22/h2-7H,8H2,1H3,(H,18,20). The number of benzene rings is 2. The van der Waals surface area contributed by atoms with Gasteiger partial charge in [-0.1, -0.05) is 35.3 Å². The number of nitro groups is 1. The Bertz CT molecular complexity index is 745. The number of carbonyl (C=O) groups excluding carboxylic acids is 1. The lowest BCUT2D eigenvalue weighted by molar-refractivity contribution is -0.384. The van der Waals surface area contributed by atoms with Crippen molar-refractivity contribution < 1.29 is 14.5 Å². The minimum Gasteiger partial charge on any atom is -0.482 e. The highest BCUT2D eigenvalue weighted by Crippen LogP contribution is 2.29. The van der Waals surface area contributed by atoms with E-state index in [1.165, 1.54) is 18.2 Å². The van der Waals surface area contributed by atoms with Crippen molar-refractivity contribution in [1.29, 1.82) is 0 Å². The summed E-state index contributed by atoms with van der Waals surface area (Å²) in [6.45, 7) is 1.53. The first-order valence-electron chi connectivity index (χ1n) is 6.50. The van der Waals surface area contributed by atoms with E-state index < -0.39 is 10.8 Å². The highest BCUT2D eigenvalue weighted by molar-refractivity contribution is 6.32. The third kappa shape index (κ3) is 4.34. The van der Waals surface area contributed by atoms with Gasteiger partial charge in [0.25, 0.3) is 11.6 Å². The van der Waals surface area contributed by atoms with E-state index in [-0.39, 0.29) is 23.0 Å². The number of carbonyl (C=O) groups is 1. The molecule has 120 valence electrons. The van der Waals surface area contributed by atoms with Crippen LogP contribution in [0.2, 0.25) is 10.0 Å². The van der Waals surface area contributed by atoms with E-state index in [2.05, 4.69) is 5.32 Å². The summed E-state index contributed by atoms with van der Waals surface area (Å²) in [6, 6.07) is 9.23. The van der Waals surface area contributed by atoms with Crippen LogP contribution >= 0.6 is 23.2 Å². The fourth-order valence-electron chi connectivity index (χ4n) is 1.86. The summed E-state index contributed by atoms with van der Waals surface area (Å²) < 4.78 is 5.40. The SMILES string of the molecule is Cc1cccc(Cl)c1OCC(=O)Nc1ccc(Cl)c([N+](=O)[O-])c1. The topological polar surface area (TPSA) is 81.5 Å². The molecule has 0 unspecified atom stereocenters. The number of nitrogens with one attached hydrogen (secondary N) is 1. The lowest BCUT2D eigenvalue weighted by atomic mass is 10.2. The Balaban J connectivity index is 2.03. The lowest BCUT2D eigenvalue weighted by Gasteiger charge is -2.11. The van der Waals surface area contributed by atoms with Crippen molar-refractivity contribution >= 4 is 40.5 Å². The monoisotopic (exact) mass is 354 g/mol. The van der Waals surface area contributed by atoms with Crippen LogP contribution in [0, 0.1) is 17.0 Å². The minimum absolute atomic E-state index is 0.00376. The first-order chi connectivity index (χ1) is 10.9. The number of para-hydroxylation sites is 1. The first kappa shape index (κ1) is 17.1. The minimum atomic E-state index is -0.623. The molecule has 1 N–H and O–H groups in total. The normalized spacial score (nSPS) is 10.2. The molecule has 0 fully saturated rings. The molecule has 23 heavy (non-hydrogen) atoms. The molecule has 0 aromatic heterocycles. The number of hydrogen-bond acceptors (Lipinski definition) is 4. The average Bonchev–Trinajstić information content (AvgIpc) is 2.48. The van der Waals surface area contributed by atoms with Gasteiger partial charge in [-0.05, 0) is 30.7 Å². The Morgan fingerprint density at radius 3 is 2.65 bits per heavy atom. The van der Waals surface area contributed by atoms with Gasteiger partial charge >= 0.3 is 0 Å². The summed E-state index contributed by atoms with van der Waals surface area (Å²) >= 11 is 11.7. The van der Waals surface area contributed by atoms with Gasteiger partial charge in [0.1, 0.15) is 10.8 Å². The molecule has 0 heterocycles. The van der Waals surface area contributed by atoms with Gasteiger partial charge in [0, 0.05) is 11.8 Å². The molecular weight excluding hydrogens is 343 g/mol. The smallest absolute Gasteiger partial charge is 0.289 e. The second-order valence-electron chi connectivity index (χ2n) is 4.65. The van der Waals surface area contributed by atoms with E-state index >= 15 is 0 Å². The molecule has 0 spiro atoms. The van der Waals surface area contributed by atoms with Gasteiger partial charge in [-0.15, -0.1) is 0 Å². The number of ether oxygens (including phenoxy) is 1. The molecule has 2 aromatic rings. The Hall–Kier alpha value is -2.31. The molecule has 6 nitrogen and oxygen atoms in total. The van der Waals surface area contributed by atoms with Gasteiger partial charge in [-0.2, -0.15) is 0 Å². The van der Waals surface area contributed by atoms with Gasteiger partial charge in [-0.25, -0.2) is 0 Å². The molecule has 8 heteroatoms. The van der Waals surface area contributed by atoms with Crippen LogP contribution in [0.4, 0.5) is 11.4 Å². The molecule has 0 saturated heterocycles. The second-order valence-corrected chi connectivity index (χ2v) is 5.46. The van der Waals surface area contributed by atoms with Crippen LogP contribution in [0.1, 0.15) is 5.56 Å². The Morgan fingerprint density at radius 2 is 2.00 bits per heavy atom. The zero-order valence-corrected chi connectivity index (χ0v) is 13.5. The van der Waals surface area contributed by atoms with Crippen molar-refractivity contribution in [3.8, 4) is 5.75 Å². The molecule has 0 aliphatic rings. The maximum atomic E-state index is 11.9. The molecule has 0 atom stereocenters. The van der Waals surface area contributed by atoms with Crippen LogP contribution in [0.5, 0.6) is 5.75 Å². The first-order valence-corrected chi connectivity index (χ1v) is 7.26. The fraction of sp³-hybridized carbons (Fsp3) is 0.133. The number of anilines is 1. The van der Waals surface area contributed by atoms with Crippen molar-refractivity contribution in [2.75, 3.05) is 11.9 Å². The molecular formula is C15H12Cl2N2O4. The maximum Gasteiger partial charge on any atom is 0.289 e. The van der Waals surface area contributed by atoms with Gasteiger partial charge in [0.2, 0.25) is 0 Å². The molecule has 0 bridgehead atoms. The molecule has 2 aromatic carbocycles. The number of nitrogens with zero attached hydrogens (tertiary/aromatic N) is 1. The molecule has 2 rings (SSSR count). The number of hydrogen-bond donors (Lipinski definition) is 1. The number of rotatable bonds is 5. The van der Waals surface area contributed by atoms with Crippen LogP contribution in [0.15, 0.2) is 36.4 Å². The number of nitro benzene ring substituents is 1. The summed E-state index contributed by atoms with van der Waals surface area (Å²) in [5, 5.41) is 13.7. The van der Waals surface area contributed by atoms with E-state index in [0.29, 0.717) is 10.8 Å². The summed E-state index contributed by atoms with van der Waals surface area (Å²) in [6.07, 6.45) is 0. The zero-order valence-electron chi connectivity index (χ0n) is 12.0. The van der Waals surface area contributed by atoms with E-state index in [0.717, 1.165) is 5.56 Å². The van der Waals surface area contributed by atoms with Crippen molar-refractivity contribution in [1.82, 2.24) is 0 Å². The van der Waals surface area contributed by atoms with Gasteiger partial charge in [-0.3, -0.25) is 14.9 Å². The highest BCUT2D eigenvalue weighted by atomic mass is 35.5. The van der Waals surface area contributed by atoms with Crippen LogP contribution in [-0.4, -0.2) is 17.4 Å². The summed E-state index contributed by atoms with van der Waals surface area (Å²) in [4.78, 5) is 22.1. The predicted molar refractivity (Wildman–Crippen MR) is 88.4 cm³/mol. The number of amides is 1. The largest absolute Gasteiger partial charge is 0.482 e. The number of halogens is 2. The Morgan fingerprint density at radius 1 is 1.26 bits per heavy atom. The molecule has 0 saturated carbocycles. The van der Waals surface area contributed by atoms with Gasteiger partial charge < -0.3 is 10.1 Å². The molecule has 0 radical (unpaired) electrons. The Kier molecular flexibility index (Phi) is 5.41. The van der Waals surface area contributed by atoms with Crippen molar-refractivity contribution in [3.63, 3.8) is 0 Å².